The van der Waals surface area contributed by atoms with Crippen LogP contribution in [0.1, 0.15) is 41.5 Å². The van der Waals surface area contributed by atoms with Gasteiger partial charge in [0, 0.05) is 25.2 Å². The van der Waals surface area contributed by atoms with Crippen LogP contribution in [0.5, 0.6) is 0 Å². The maximum absolute atomic E-state index is 13.2. The van der Waals surface area contributed by atoms with Crippen molar-refractivity contribution in [3.05, 3.63) is 60.0 Å². The molecule has 0 bridgehead atoms. The fourth-order valence-electron chi connectivity index (χ4n) is 3.56. The predicted octanol–water partition coefficient (Wildman–Crippen LogP) is 3.34. The Labute approximate surface area is 140 Å². The molecule has 5 heteroatoms. The van der Waals surface area contributed by atoms with Gasteiger partial charge in [-0.2, -0.15) is 5.10 Å². The van der Waals surface area contributed by atoms with Crippen molar-refractivity contribution in [1.29, 1.82) is 0 Å². The molecule has 1 aliphatic heterocycles. The molecule has 3 aromatic rings. The summed E-state index contributed by atoms with van der Waals surface area (Å²) in [5.41, 5.74) is 2.48. The van der Waals surface area contributed by atoms with Crippen LogP contribution >= 0.6 is 0 Å². The first-order valence-corrected chi connectivity index (χ1v) is 8.39. The quantitative estimate of drug-likeness (QED) is 0.728. The van der Waals surface area contributed by atoms with E-state index in [1.807, 2.05) is 54.4 Å². The lowest BCUT2D eigenvalue weighted by Gasteiger charge is -2.35. The zero-order valence-corrected chi connectivity index (χ0v) is 13.7. The number of carbonyl (C=O) groups is 1. The lowest BCUT2D eigenvalue weighted by Crippen LogP contribution is -2.39. The van der Waals surface area contributed by atoms with Gasteiger partial charge in [-0.25, -0.2) is 0 Å². The van der Waals surface area contributed by atoms with E-state index in [2.05, 4.69) is 10.1 Å². The number of piperidine rings is 1. The molecule has 0 saturated carbocycles. The predicted molar refractivity (Wildman–Crippen MR) is 92.6 cm³/mol. The topological polar surface area (TPSA) is 51.0 Å². The summed E-state index contributed by atoms with van der Waals surface area (Å²) < 4.78 is 1.78. The molecule has 4 rings (SSSR count). The molecule has 1 fully saturated rings. The number of aryl methyl sites for hydroxylation is 1. The Morgan fingerprint density at radius 3 is 2.79 bits per heavy atom. The van der Waals surface area contributed by atoms with E-state index in [1.54, 1.807) is 10.9 Å². The van der Waals surface area contributed by atoms with Crippen LogP contribution in [0.3, 0.4) is 0 Å². The van der Waals surface area contributed by atoms with Crippen LogP contribution in [-0.2, 0) is 7.05 Å². The van der Waals surface area contributed by atoms with E-state index in [0.717, 1.165) is 42.4 Å². The largest absolute Gasteiger partial charge is 0.329 e. The monoisotopic (exact) mass is 320 g/mol. The molecule has 24 heavy (non-hydrogen) atoms. The van der Waals surface area contributed by atoms with E-state index in [0.29, 0.717) is 5.69 Å². The Kier molecular flexibility index (Phi) is 3.76. The highest BCUT2D eigenvalue weighted by Gasteiger charge is 2.31. The molecule has 1 saturated heterocycles. The number of aromatic nitrogens is 3. The van der Waals surface area contributed by atoms with Crippen molar-refractivity contribution >= 4 is 16.8 Å². The molecule has 1 atom stereocenters. The molecule has 0 spiro atoms. The van der Waals surface area contributed by atoms with Gasteiger partial charge in [0.2, 0.25) is 0 Å². The number of pyridine rings is 1. The summed E-state index contributed by atoms with van der Waals surface area (Å²) in [7, 11) is 1.88. The second kappa shape index (κ2) is 6.07. The highest BCUT2D eigenvalue weighted by atomic mass is 16.2. The number of hydrogen-bond acceptors (Lipinski definition) is 3. The number of likely N-dealkylation sites (tertiary alicyclic amines) is 1. The van der Waals surface area contributed by atoms with Crippen molar-refractivity contribution in [2.24, 2.45) is 7.05 Å². The van der Waals surface area contributed by atoms with Crippen molar-refractivity contribution in [3.63, 3.8) is 0 Å². The van der Waals surface area contributed by atoms with E-state index in [1.165, 1.54) is 0 Å². The molecule has 5 nitrogen and oxygen atoms in total. The minimum Gasteiger partial charge on any atom is -0.329 e. The van der Waals surface area contributed by atoms with E-state index < -0.39 is 0 Å². The molecule has 1 amide bonds. The molecule has 0 unspecified atom stereocenters. The van der Waals surface area contributed by atoms with Gasteiger partial charge >= 0.3 is 0 Å². The Balaban J connectivity index is 1.74. The van der Waals surface area contributed by atoms with Crippen molar-refractivity contribution < 1.29 is 4.79 Å². The Morgan fingerprint density at radius 1 is 1.12 bits per heavy atom. The first kappa shape index (κ1) is 14.9. The zero-order chi connectivity index (χ0) is 16.5. The average molecular weight is 320 g/mol. The number of para-hydroxylation sites is 1. The van der Waals surface area contributed by atoms with Gasteiger partial charge in [-0.1, -0.05) is 24.3 Å². The van der Waals surface area contributed by atoms with Crippen LogP contribution in [0.2, 0.25) is 0 Å². The third-order valence-corrected chi connectivity index (χ3v) is 4.75. The van der Waals surface area contributed by atoms with Crippen molar-refractivity contribution in [3.8, 4) is 0 Å². The van der Waals surface area contributed by atoms with Gasteiger partial charge in [0.25, 0.3) is 5.91 Å². The van der Waals surface area contributed by atoms with E-state index >= 15 is 0 Å². The summed E-state index contributed by atoms with van der Waals surface area (Å²) in [6, 6.07) is 13.8. The van der Waals surface area contributed by atoms with Gasteiger partial charge in [0.15, 0.2) is 5.69 Å². The SMILES string of the molecule is Cn1nc(C(=O)N2CCCC[C@@H]2c2ccccn2)c2ccccc21. The average Bonchev–Trinajstić information content (AvgIpc) is 2.99. The molecule has 2 aromatic heterocycles. The number of rotatable bonds is 2. The van der Waals surface area contributed by atoms with Gasteiger partial charge in [0.1, 0.15) is 0 Å². The second-order valence-corrected chi connectivity index (χ2v) is 6.25. The number of hydrogen-bond donors (Lipinski definition) is 0. The lowest BCUT2D eigenvalue weighted by molar-refractivity contribution is 0.0601. The third-order valence-electron chi connectivity index (χ3n) is 4.75. The van der Waals surface area contributed by atoms with Crippen LogP contribution in [0.15, 0.2) is 48.7 Å². The molecule has 0 aliphatic carbocycles. The molecular weight excluding hydrogens is 300 g/mol. The van der Waals surface area contributed by atoms with E-state index in [9.17, 15) is 4.79 Å². The van der Waals surface area contributed by atoms with Crippen LogP contribution in [-0.4, -0.2) is 32.1 Å². The highest BCUT2D eigenvalue weighted by Crippen LogP contribution is 2.32. The van der Waals surface area contributed by atoms with Gasteiger partial charge in [-0.15, -0.1) is 0 Å². The fourth-order valence-corrected chi connectivity index (χ4v) is 3.56. The van der Waals surface area contributed by atoms with Crippen LogP contribution < -0.4 is 0 Å². The van der Waals surface area contributed by atoms with E-state index in [-0.39, 0.29) is 11.9 Å². The number of nitrogens with zero attached hydrogens (tertiary/aromatic N) is 4. The minimum atomic E-state index is 0.00199. The summed E-state index contributed by atoms with van der Waals surface area (Å²) >= 11 is 0. The van der Waals surface area contributed by atoms with Crippen LogP contribution in [0, 0.1) is 0 Å². The maximum atomic E-state index is 13.2. The Bertz CT molecular complexity index is 871. The van der Waals surface area contributed by atoms with Gasteiger partial charge in [-0.3, -0.25) is 14.5 Å². The normalized spacial score (nSPS) is 18.0. The molecule has 0 radical (unpaired) electrons. The fraction of sp³-hybridized carbons (Fsp3) is 0.316. The zero-order valence-electron chi connectivity index (χ0n) is 13.7. The first-order valence-electron chi connectivity index (χ1n) is 8.39. The smallest absolute Gasteiger partial charge is 0.275 e. The van der Waals surface area contributed by atoms with Gasteiger partial charge < -0.3 is 4.90 Å². The minimum absolute atomic E-state index is 0.00199. The van der Waals surface area contributed by atoms with Crippen LogP contribution in [0.4, 0.5) is 0 Å². The number of benzene rings is 1. The molecule has 1 aliphatic rings. The molecule has 122 valence electrons. The summed E-state index contributed by atoms with van der Waals surface area (Å²) in [5, 5.41) is 5.41. The summed E-state index contributed by atoms with van der Waals surface area (Å²) in [4.78, 5) is 19.7. The van der Waals surface area contributed by atoms with E-state index in [4.69, 9.17) is 0 Å². The molecule has 1 aromatic carbocycles. The summed E-state index contributed by atoms with van der Waals surface area (Å²) in [6.07, 6.45) is 4.89. The first-order chi connectivity index (χ1) is 11.8. The number of amides is 1. The Hall–Kier alpha value is -2.69. The van der Waals surface area contributed by atoms with Gasteiger partial charge in [0.05, 0.1) is 17.3 Å². The molecular formula is C19H20N4O. The number of fused-ring (bicyclic) bond motifs is 1. The summed E-state index contributed by atoms with van der Waals surface area (Å²) in [5.74, 6) is 0.00199. The third kappa shape index (κ3) is 2.46. The summed E-state index contributed by atoms with van der Waals surface area (Å²) in [6.45, 7) is 0.755. The van der Waals surface area contributed by atoms with Crippen molar-refractivity contribution in [2.45, 2.75) is 25.3 Å². The highest BCUT2D eigenvalue weighted by molar-refractivity contribution is 6.05. The van der Waals surface area contributed by atoms with Gasteiger partial charge in [-0.05, 0) is 37.5 Å². The lowest BCUT2D eigenvalue weighted by atomic mass is 9.98. The number of carbonyl (C=O) groups excluding carboxylic acids is 1. The Morgan fingerprint density at radius 2 is 1.96 bits per heavy atom. The van der Waals surface area contributed by atoms with Crippen molar-refractivity contribution in [2.75, 3.05) is 6.54 Å². The van der Waals surface area contributed by atoms with Crippen LogP contribution in [0.25, 0.3) is 10.9 Å². The molecule has 3 heterocycles. The van der Waals surface area contributed by atoms with Crippen molar-refractivity contribution in [1.82, 2.24) is 19.7 Å². The second-order valence-electron chi connectivity index (χ2n) is 6.25. The standard InChI is InChI=1S/C19H20N4O/c1-22-16-10-3-2-8-14(16)18(21-22)19(24)23-13-7-5-11-17(23)15-9-4-6-12-20-15/h2-4,6,8-10,12,17H,5,7,11,13H2,1H3/t17-/m1/s1. The maximum Gasteiger partial charge on any atom is 0.275 e. The molecule has 0 N–H and O–H groups in total.